The van der Waals surface area contributed by atoms with Crippen molar-refractivity contribution in [1.29, 1.82) is 0 Å². The summed E-state index contributed by atoms with van der Waals surface area (Å²) in [7, 11) is 1.06. The molecular weight excluding hydrogens is 428 g/mol. The second kappa shape index (κ2) is 5.90. The predicted molar refractivity (Wildman–Crippen MR) is 67.1 cm³/mol. The van der Waals surface area contributed by atoms with E-state index >= 15 is 0 Å². The molecule has 0 spiro atoms. The van der Waals surface area contributed by atoms with Crippen LogP contribution >= 0.6 is 43.2 Å². The van der Waals surface area contributed by atoms with Crippen LogP contribution in [0.5, 0.6) is 0 Å². The first kappa shape index (κ1) is 17.3. The molecule has 1 N–H and O–H groups in total. The van der Waals surface area contributed by atoms with Crippen LogP contribution in [0, 0.1) is 5.92 Å². The zero-order valence-corrected chi connectivity index (χ0v) is 13.2. The van der Waals surface area contributed by atoms with Crippen LogP contribution in [0.15, 0.2) is 13.6 Å². The summed E-state index contributed by atoms with van der Waals surface area (Å²) < 4.78 is 76.8. The minimum atomic E-state index is -5.39. The van der Waals surface area contributed by atoms with Crippen LogP contribution in [0.3, 0.4) is 0 Å². The molecule has 10 heteroatoms. The van der Waals surface area contributed by atoms with Gasteiger partial charge >= 0.3 is 12.4 Å². The molecule has 19 heavy (non-hydrogen) atoms. The molecule has 1 nitrogen and oxygen atoms in total. The van der Waals surface area contributed by atoms with Gasteiger partial charge in [0.15, 0.2) is 5.92 Å². The Labute approximate surface area is 125 Å². The van der Waals surface area contributed by atoms with E-state index in [0.29, 0.717) is 3.79 Å². The lowest BCUT2D eigenvalue weighted by Gasteiger charge is -2.30. The van der Waals surface area contributed by atoms with Gasteiger partial charge in [-0.1, -0.05) is 0 Å². The van der Waals surface area contributed by atoms with E-state index in [2.05, 4.69) is 37.2 Å². The molecule has 0 aliphatic heterocycles. The fraction of sp³-hybridized carbons (Fsp3) is 0.556. The van der Waals surface area contributed by atoms with Crippen molar-refractivity contribution in [2.24, 2.45) is 5.92 Å². The average Bonchev–Trinajstić information content (AvgIpc) is 2.49. The maximum Gasteiger partial charge on any atom is 0.402 e. The van der Waals surface area contributed by atoms with Gasteiger partial charge in [0.25, 0.3) is 0 Å². The molecule has 0 aliphatic carbocycles. The molecule has 1 rings (SSSR count). The van der Waals surface area contributed by atoms with Gasteiger partial charge in [-0.25, -0.2) is 0 Å². The molecule has 0 bridgehead atoms. The summed E-state index contributed by atoms with van der Waals surface area (Å²) in [5, 5.41) is 2.10. The van der Waals surface area contributed by atoms with E-state index < -0.39 is 24.3 Å². The number of thiophene rings is 1. The molecule has 0 saturated heterocycles. The fourth-order valence-electron chi connectivity index (χ4n) is 1.63. The maximum atomic E-state index is 12.7. The molecule has 1 unspecified atom stereocenters. The predicted octanol–water partition coefficient (Wildman–Crippen LogP) is 5.27. The molecule has 1 aromatic rings. The zero-order valence-electron chi connectivity index (χ0n) is 9.16. The standard InChI is InChI=1S/C9H7Br2F6NS/c1-18-5(3-2-4(10)19-7(3)11)6(8(12,13)14)9(15,16)17/h2,5-6,18H,1H3. The Morgan fingerprint density at radius 1 is 1.11 bits per heavy atom. The number of hydrogen-bond acceptors (Lipinski definition) is 2. The van der Waals surface area contributed by atoms with Crippen molar-refractivity contribution in [3.8, 4) is 0 Å². The molecule has 1 atom stereocenters. The monoisotopic (exact) mass is 433 g/mol. The van der Waals surface area contributed by atoms with Crippen LogP contribution < -0.4 is 5.32 Å². The van der Waals surface area contributed by atoms with Crippen molar-refractivity contribution in [1.82, 2.24) is 5.32 Å². The van der Waals surface area contributed by atoms with Crippen LogP contribution in [0.4, 0.5) is 26.3 Å². The third-order valence-corrected chi connectivity index (χ3v) is 4.75. The number of halogens is 8. The van der Waals surface area contributed by atoms with Crippen molar-refractivity contribution in [3.05, 3.63) is 19.2 Å². The SMILES string of the molecule is CNC(c1cc(Br)sc1Br)C(C(F)(F)F)C(F)(F)F. The van der Waals surface area contributed by atoms with Crippen LogP contribution in [-0.4, -0.2) is 19.4 Å². The average molecular weight is 435 g/mol. The van der Waals surface area contributed by atoms with Crippen LogP contribution in [0.2, 0.25) is 0 Å². The first-order valence-corrected chi connectivity index (χ1v) is 7.14. The molecule has 0 aliphatic rings. The Hall–Kier alpha value is 0.200. The minimum absolute atomic E-state index is 0.0842. The van der Waals surface area contributed by atoms with Gasteiger partial charge < -0.3 is 5.32 Å². The molecular formula is C9H7Br2F6NS. The normalized spacial score (nSPS) is 15.1. The molecule has 1 aromatic heterocycles. The Balaban J connectivity index is 3.29. The summed E-state index contributed by atoms with van der Waals surface area (Å²) >= 11 is 7.01. The lowest BCUT2D eigenvalue weighted by atomic mass is 9.93. The van der Waals surface area contributed by atoms with Gasteiger partial charge in [-0.2, -0.15) is 26.3 Å². The summed E-state index contributed by atoms with van der Waals surface area (Å²) in [4.78, 5) is 0. The van der Waals surface area contributed by atoms with Gasteiger partial charge in [-0.05, 0) is 50.5 Å². The molecule has 0 saturated carbocycles. The molecule has 0 radical (unpaired) electrons. The van der Waals surface area contributed by atoms with Crippen LogP contribution in [0.25, 0.3) is 0 Å². The second-order valence-corrected chi connectivity index (χ2v) is 7.36. The van der Waals surface area contributed by atoms with Crippen molar-refractivity contribution >= 4 is 43.2 Å². The van der Waals surface area contributed by atoms with Crippen molar-refractivity contribution in [3.63, 3.8) is 0 Å². The molecule has 0 amide bonds. The number of nitrogens with one attached hydrogen (secondary N) is 1. The Morgan fingerprint density at radius 3 is 1.84 bits per heavy atom. The quantitative estimate of drug-likeness (QED) is 0.638. The molecule has 1 heterocycles. The lowest BCUT2D eigenvalue weighted by Crippen LogP contribution is -2.45. The molecule has 0 fully saturated rings. The summed E-state index contributed by atoms with van der Waals surface area (Å²) in [5.41, 5.74) is -0.0842. The Morgan fingerprint density at radius 2 is 1.58 bits per heavy atom. The first-order chi connectivity index (χ1) is 8.48. The molecule has 110 valence electrons. The summed E-state index contributed by atoms with van der Waals surface area (Å²) in [6, 6.07) is -0.669. The van der Waals surface area contributed by atoms with E-state index in [9.17, 15) is 26.3 Å². The van der Waals surface area contributed by atoms with E-state index in [1.165, 1.54) is 6.07 Å². The van der Waals surface area contributed by atoms with Gasteiger partial charge in [0.05, 0.1) is 13.6 Å². The van der Waals surface area contributed by atoms with Gasteiger partial charge in [-0.3, -0.25) is 0 Å². The number of rotatable bonds is 3. The van der Waals surface area contributed by atoms with Gasteiger partial charge in [0.1, 0.15) is 0 Å². The van der Waals surface area contributed by atoms with E-state index in [-0.39, 0.29) is 9.35 Å². The highest BCUT2D eigenvalue weighted by Gasteiger charge is 2.60. The Kier molecular flexibility index (Phi) is 5.36. The highest BCUT2D eigenvalue weighted by atomic mass is 79.9. The van der Waals surface area contributed by atoms with E-state index in [0.717, 1.165) is 18.4 Å². The largest absolute Gasteiger partial charge is 0.402 e. The fourth-order valence-corrected chi connectivity index (χ4v) is 4.56. The first-order valence-electron chi connectivity index (χ1n) is 4.74. The summed E-state index contributed by atoms with van der Waals surface area (Å²) in [6.45, 7) is 0. The number of alkyl halides is 6. The highest BCUT2D eigenvalue weighted by molar-refractivity contribution is 9.12. The number of hydrogen-bond donors (Lipinski definition) is 1. The smallest absolute Gasteiger partial charge is 0.312 e. The highest BCUT2D eigenvalue weighted by Crippen LogP contribution is 2.49. The van der Waals surface area contributed by atoms with Crippen molar-refractivity contribution < 1.29 is 26.3 Å². The van der Waals surface area contributed by atoms with Crippen LogP contribution in [-0.2, 0) is 0 Å². The van der Waals surface area contributed by atoms with Gasteiger partial charge in [0, 0.05) is 0 Å². The maximum absolute atomic E-state index is 12.7. The van der Waals surface area contributed by atoms with E-state index in [1.54, 1.807) is 0 Å². The zero-order chi connectivity index (χ0) is 15.0. The minimum Gasteiger partial charge on any atom is -0.312 e. The topological polar surface area (TPSA) is 12.0 Å². The summed E-state index contributed by atoms with van der Waals surface area (Å²) in [6.07, 6.45) is -10.8. The van der Waals surface area contributed by atoms with Crippen molar-refractivity contribution in [2.75, 3.05) is 7.05 Å². The van der Waals surface area contributed by atoms with E-state index in [4.69, 9.17) is 0 Å². The molecule has 0 aromatic carbocycles. The third-order valence-electron chi connectivity index (χ3n) is 2.37. The van der Waals surface area contributed by atoms with Gasteiger partial charge in [0.2, 0.25) is 0 Å². The lowest BCUT2D eigenvalue weighted by molar-refractivity contribution is -0.292. The third kappa shape index (κ3) is 4.08. The van der Waals surface area contributed by atoms with Gasteiger partial charge in [-0.15, -0.1) is 11.3 Å². The van der Waals surface area contributed by atoms with Crippen molar-refractivity contribution in [2.45, 2.75) is 18.4 Å². The Bertz CT molecular complexity index is 427. The summed E-state index contributed by atoms with van der Waals surface area (Å²) in [5.74, 6) is -3.47. The van der Waals surface area contributed by atoms with E-state index in [1.807, 2.05) is 0 Å². The second-order valence-electron chi connectivity index (χ2n) is 3.61. The van der Waals surface area contributed by atoms with Crippen LogP contribution in [0.1, 0.15) is 11.6 Å².